The molecule has 0 aliphatic carbocycles. The standard InChI is InChI=1S/C15H16BNO6S/c18-7-6-11(12-4-2-8-24-12)15(21)17-13-5-1-3-10(9-14(19)20)23-16(13)22/h1-4,6-8,10,13,22H,5,9H2,(H,17,21)(H,19,20)/b11-6+/t10-,13+/m1/s1. The van der Waals surface area contributed by atoms with E-state index >= 15 is 0 Å². The monoisotopic (exact) mass is 349 g/mol. The first-order valence-corrected chi connectivity index (χ1v) is 8.11. The number of aliphatic carboxylic acids is 1. The largest absolute Gasteiger partial charge is 0.481 e. The molecule has 1 aromatic rings. The van der Waals surface area contributed by atoms with E-state index in [9.17, 15) is 19.4 Å². The van der Waals surface area contributed by atoms with Crippen LogP contribution >= 0.6 is 11.3 Å². The van der Waals surface area contributed by atoms with E-state index in [-0.39, 0.29) is 18.4 Å². The van der Waals surface area contributed by atoms with E-state index in [0.29, 0.717) is 11.2 Å². The van der Waals surface area contributed by atoms with Gasteiger partial charge in [-0.05, 0) is 23.9 Å². The van der Waals surface area contributed by atoms with Crippen LogP contribution in [0.3, 0.4) is 0 Å². The minimum Gasteiger partial charge on any atom is -0.481 e. The zero-order chi connectivity index (χ0) is 17.5. The number of amides is 1. The average Bonchev–Trinajstić information content (AvgIpc) is 2.98. The van der Waals surface area contributed by atoms with E-state index in [0.717, 1.165) is 6.08 Å². The number of aldehydes is 1. The fraction of sp³-hybridized carbons (Fsp3) is 0.267. The molecule has 1 aliphatic heterocycles. The van der Waals surface area contributed by atoms with E-state index < -0.39 is 31.0 Å². The summed E-state index contributed by atoms with van der Waals surface area (Å²) in [7, 11) is -1.35. The molecule has 24 heavy (non-hydrogen) atoms. The van der Waals surface area contributed by atoms with Crippen LogP contribution in [0.25, 0.3) is 5.57 Å². The van der Waals surface area contributed by atoms with Crippen molar-refractivity contribution in [3.8, 4) is 0 Å². The third kappa shape index (κ3) is 4.88. The number of carboxylic acids is 1. The molecule has 0 saturated carbocycles. The maximum absolute atomic E-state index is 12.4. The smallest absolute Gasteiger partial charge is 0.478 e. The molecule has 0 bridgehead atoms. The Hall–Kier alpha value is -2.23. The Morgan fingerprint density at radius 1 is 1.50 bits per heavy atom. The molecule has 2 heterocycles. The van der Waals surface area contributed by atoms with Gasteiger partial charge < -0.3 is 20.1 Å². The molecule has 9 heteroatoms. The van der Waals surface area contributed by atoms with Crippen molar-refractivity contribution >= 4 is 42.2 Å². The van der Waals surface area contributed by atoms with Gasteiger partial charge in [0.2, 0.25) is 0 Å². The summed E-state index contributed by atoms with van der Waals surface area (Å²) in [6.45, 7) is 0. The normalized spacial score (nSPS) is 21.2. The molecule has 3 N–H and O–H groups in total. The van der Waals surface area contributed by atoms with Crippen molar-refractivity contribution in [3.05, 3.63) is 40.6 Å². The van der Waals surface area contributed by atoms with Gasteiger partial charge in [0.15, 0.2) is 0 Å². The molecule has 1 aromatic heterocycles. The summed E-state index contributed by atoms with van der Waals surface area (Å²) in [5.41, 5.74) is 0.197. The fourth-order valence-corrected chi connectivity index (χ4v) is 3.00. The SMILES string of the molecule is O=C/C=C(/C(=O)N[C@H]1CC=C[C@H](CC(=O)O)OB1O)c1cccs1. The van der Waals surface area contributed by atoms with E-state index in [2.05, 4.69) is 5.32 Å². The number of carboxylic acid groups (broad SMARTS) is 1. The second kappa shape index (κ2) is 8.58. The van der Waals surface area contributed by atoms with Crippen LogP contribution in [0.1, 0.15) is 17.7 Å². The first kappa shape index (κ1) is 18.1. The van der Waals surface area contributed by atoms with Crippen LogP contribution in [-0.2, 0) is 19.0 Å². The molecule has 0 saturated heterocycles. The topological polar surface area (TPSA) is 113 Å². The van der Waals surface area contributed by atoms with E-state index in [1.54, 1.807) is 29.7 Å². The molecule has 1 aliphatic rings. The van der Waals surface area contributed by atoms with Crippen molar-refractivity contribution in [2.24, 2.45) is 0 Å². The lowest BCUT2D eigenvalue weighted by Crippen LogP contribution is -2.48. The molecule has 2 atom stereocenters. The number of nitrogens with one attached hydrogen (secondary N) is 1. The maximum atomic E-state index is 12.4. The highest BCUT2D eigenvalue weighted by Crippen LogP contribution is 2.21. The minimum atomic E-state index is -1.35. The van der Waals surface area contributed by atoms with Crippen molar-refractivity contribution in [2.45, 2.75) is 24.9 Å². The third-order valence-electron chi connectivity index (χ3n) is 3.36. The molecule has 0 aromatic carbocycles. The zero-order valence-electron chi connectivity index (χ0n) is 12.6. The van der Waals surface area contributed by atoms with E-state index in [4.69, 9.17) is 9.76 Å². The lowest BCUT2D eigenvalue weighted by molar-refractivity contribution is -0.138. The molecule has 1 amide bonds. The quantitative estimate of drug-likeness (QED) is 0.301. The highest BCUT2D eigenvalue weighted by Gasteiger charge is 2.33. The van der Waals surface area contributed by atoms with Crippen LogP contribution in [0, 0.1) is 0 Å². The second-order valence-corrected chi connectivity index (χ2v) is 6.05. The van der Waals surface area contributed by atoms with Gasteiger partial charge in [-0.2, -0.15) is 0 Å². The van der Waals surface area contributed by atoms with Gasteiger partial charge >= 0.3 is 13.1 Å². The van der Waals surface area contributed by atoms with Crippen LogP contribution in [0.15, 0.2) is 35.7 Å². The minimum absolute atomic E-state index is 0.197. The van der Waals surface area contributed by atoms with Crippen LogP contribution in [-0.4, -0.2) is 47.5 Å². The Morgan fingerprint density at radius 3 is 2.92 bits per heavy atom. The van der Waals surface area contributed by atoms with Crippen LogP contribution < -0.4 is 5.32 Å². The van der Waals surface area contributed by atoms with Gasteiger partial charge in [0.05, 0.1) is 24.0 Å². The predicted octanol–water partition coefficient (Wildman–Crippen LogP) is 0.655. The molecular weight excluding hydrogens is 333 g/mol. The van der Waals surface area contributed by atoms with Gasteiger partial charge in [-0.3, -0.25) is 14.4 Å². The number of carbonyl (C=O) groups is 3. The average molecular weight is 349 g/mol. The van der Waals surface area contributed by atoms with Crippen LogP contribution in [0.5, 0.6) is 0 Å². The van der Waals surface area contributed by atoms with Crippen molar-refractivity contribution in [1.82, 2.24) is 5.32 Å². The van der Waals surface area contributed by atoms with Gasteiger partial charge in [0, 0.05) is 4.88 Å². The van der Waals surface area contributed by atoms with Crippen molar-refractivity contribution < 1.29 is 29.2 Å². The summed E-state index contributed by atoms with van der Waals surface area (Å²) < 4.78 is 5.25. The van der Waals surface area contributed by atoms with Crippen molar-refractivity contribution in [3.63, 3.8) is 0 Å². The lowest BCUT2D eigenvalue weighted by atomic mass is 9.77. The first-order chi connectivity index (χ1) is 11.5. The Bertz CT molecular complexity index is 657. The highest BCUT2D eigenvalue weighted by atomic mass is 32.1. The summed E-state index contributed by atoms with van der Waals surface area (Å²) >= 11 is 1.31. The number of thiophene rings is 1. The molecule has 2 rings (SSSR count). The number of hydrogen-bond donors (Lipinski definition) is 3. The third-order valence-corrected chi connectivity index (χ3v) is 4.26. The second-order valence-electron chi connectivity index (χ2n) is 5.10. The summed E-state index contributed by atoms with van der Waals surface area (Å²) in [4.78, 5) is 34.5. The summed E-state index contributed by atoms with van der Waals surface area (Å²) in [5, 5.41) is 23.3. The van der Waals surface area contributed by atoms with Gasteiger partial charge in [-0.15, -0.1) is 11.3 Å². The molecule has 0 fully saturated rings. The van der Waals surface area contributed by atoms with Crippen molar-refractivity contribution in [1.29, 1.82) is 0 Å². The Kier molecular flexibility index (Phi) is 6.48. The molecule has 126 valence electrons. The maximum Gasteiger partial charge on any atom is 0.478 e. The van der Waals surface area contributed by atoms with E-state index in [1.165, 1.54) is 11.3 Å². The molecule has 7 nitrogen and oxygen atoms in total. The number of carbonyl (C=O) groups excluding carboxylic acids is 2. The highest BCUT2D eigenvalue weighted by molar-refractivity contribution is 7.11. The Balaban J connectivity index is 2.05. The first-order valence-electron chi connectivity index (χ1n) is 7.23. The Morgan fingerprint density at radius 2 is 2.29 bits per heavy atom. The number of hydrogen-bond acceptors (Lipinski definition) is 6. The number of rotatable bonds is 6. The number of allylic oxidation sites excluding steroid dienone is 1. The molecule has 0 radical (unpaired) electrons. The lowest BCUT2D eigenvalue weighted by Gasteiger charge is -2.20. The Labute approximate surface area is 142 Å². The van der Waals surface area contributed by atoms with Crippen LogP contribution in [0.2, 0.25) is 0 Å². The summed E-state index contributed by atoms with van der Waals surface area (Å²) in [6, 6.07) is 3.47. The molecular formula is C15H16BNO6S. The molecule has 0 unspecified atom stereocenters. The summed E-state index contributed by atoms with van der Waals surface area (Å²) in [5.74, 6) is -2.31. The van der Waals surface area contributed by atoms with Gasteiger partial charge in [0.25, 0.3) is 5.91 Å². The van der Waals surface area contributed by atoms with E-state index in [1.807, 2.05) is 0 Å². The molecule has 0 spiro atoms. The van der Waals surface area contributed by atoms with Gasteiger partial charge in [0.1, 0.15) is 6.29 Å². The zero-order valence-corrected chi connectivity index (χ0v) is 13.4. The van der Waals surface area contributed by atoms with Crippen molar-refractivity contribution in [2.75, 3.05) is 0 Å². The van der Waals surface area contributed by atoms with Crippen LogP contribution in [0.4, 0.5) is 0 Å². The predicted molar refractivity (Wildman–Crippen MR) is 89.1 cm³/mol. The fourth-order valence-electron chi connectivity index (χ4n) is 2.25. The van der Waals surface area contributed by atoms with Gasteiger partial charge in [-0.1, -0.05) is 18.2 Å². The van der Waals surface area contributed by atoms with Gasteiger partial charge in [-0.25, -0.2) is 0 Å². The summed E-state index contributed by atoms with van der Waals surface area (Å²) in [6.07, 6.45) is 4.13.